The number of hydrogen-bond donors (Lipinski definition) is 3. The summed E-state index contributed by atoms with van der Waals surface area (Å²) >= 11 is 0. The van der Waals surface area contributed by atoms with Gasteiger partial charge in [-0.3, -0.25) is 0 Å². The molecule has 0 atom stereocenters. The van der Waals surface area contributed by atoms with Crippen molar-refractivity contribution in [2.24, 2.45) is 0 Å². The predicted molar refractivity (Wildman–Crippen MR) is 68.8 cm³/mol. The zero-order chi connectivity index (χ0) is 13.6. The Morgan fingerprint density at radius 1 is 0.765 bits per heavy atom. The maximum Gasteiger partial charge on any atom is 0.165 e. The second-order valence-electron chi connectivity index (χ2n) is 6.52. The summed E-state index contributed by atoms with van der Waals surface area (Å²) in [7, 11) is 0. The number of rotatable bonds is 0. The van der Waals surface area contributed by atoms with Crippen molar-refractivity contribution < 1.29 is 15.3 Å². The van der Waals surface area contributed by atoms with E-state index in [4.69, 9.17) is 0 Å². The van der Waals surface area contributed by atoms with Gasteiger partial charge >= 0.3 is 0 Å². The summed E-state index contributed by atoms with van der Waals surface area (Å²) in [6.07, 6.45) is 0. The summed E-state index contributed by atoms with van der Waals surface area (Å²) in [5, 5.41) is 30.1. The molecule has 0 aliphatic carbocycles. The van der Waals surface area contributed by atoms with Crippen LogP contribution in [0.1, 0.15) is 52.7 Å². The number of hydrogen-bond acceptors (Lipinski definition) is 3. The Morgan fingerprint density at radius 3 is 1.59 bits per heavy atom. The van der Waals surface area contributed by atoms with Crippen molar-refractivity contribution >= 4 is 0 Å². The van der Waals surface area contributed by atoms with Crippen LogP contribution >= 0.6 is 0 Å². The maximum atomic E-state index is 10.0. The number of phenols is 3. The van der Waals surface area contributed by atoms with E-state index in [1.807, 2.05) is 41.5 Å². The lowest BCUT2D eigenvalue weighted by Gasteiger charge is -2.27. The van der Waals surface area contributed by atoms with Crippen LogP contribution in [0.2, 0.25) is 0 Å². The first-order valence-corrected chi connectivity index (χ1v) is 5.75. The van der Waals surface area contributed by atoms with E-state index in [1.54, 1.807) is 0 Å². The van der Waals surface area contributed by atoms with E-state index in [1.165, 1.54) is 6.07 Å². The first-order chi connectivity index (χ1) is 7.46. The maximum absolute atomic E-state index is 10.0. The van der Waals surface area contributed by atoms with Gasteiger partial charge in [-0.15, -0.1) is 0 Å². The van der Waals surface area contributed by atoms with Crippen molar-refractivity contribution in [3.8, 4) is 17.2 Å². The molecule has 0 aromatic heterocycles. The highest BCUT2D eigenvalue weighted by Crippen LogP contribution is 2.47. The minimum Gasteiger partial charge on any atom is -0.507 e. The summed E-state index contributed by atoms with van der Waals surface area (Å²) in [6, 6.07) is 1.54. The summed E-state index contributed by atoms with van der Waals surface area (Å²) in [6.45, 7) is 11.4. The molecule has 0 aliphatic heterocycles. The van der Waals surface area contributed by atoms with Crippen LogP contribution in [0.3, 0.4) is 0 Å². The van der Waals surface area contributed by atoms with Crippen molar-refractivity contribution in [3.05, 3.63) is 17.2 Å². The van der Waals surface area contributed by atoms with Gasteiger partial charge in [-0.25, -0.2) is 0 Å². The molecule has 0 amide bonds. The molecule has 1 aromatic rings. The van der Waals surface area contributed by atoms with Crippen LogP contribution in [0, 0.1) is 0 Å². The van der Waals surface area contributed by atoms with Crippen LogP contribution in [0.4, 0.5) is 0 Å². The summed E-state index contributed by atoms with van der Waals surface area (Å²) in [5.41, 5.74) is 0.154. The Hall–Kier alpha value is -1.38. The van der Waals surface area contributed by atoms with E-state index in [2.05, 4.69) is 0 Å². The molecule has 1 rings (SSSR count). The van der Waals surface area contributed by atoms with Gasteiger partial charge in [-0.2, -0.15) is 0 Å². The lowest BCUT2D eigenvalue weighted by atomic mass is 9.80. The highest BCUT2D eigenvalue weighted by molar-refractivity contribution is 5.60. The molecule has 0 heterocycles. The Morgan fingerprint density at radius 2 is 1.24 bits per heavy atom. The predicted octanol–water partition coefficient (Wildman–Crippen LogP) is 3.40. The average Bonchev–Trinajstić information content (AvgIpc) is 2.07. The first kappa shape index (κ1) is 13.7. The van der Waals surface area contributed by atoms with Gasteiger partial charge in [-0.05, 0) is 16.9 Å². The van der Waals surface area contributed by atoms with Crippen LogP contribution in [0.15, 0.2) is 6.07 Å². The van der Waals surface area contributed by atoms with Crippen molar-refractivity contribution in [2.75, 3.05) is 0 Å². The highest BCUT2D eigenvalue weighted by atomic mass is 16.3. The van der Waals surface area contributed by atoms with Gasteiger partial charge in [0.15, 0.2) is 11.5 Å². The topological polar surface area (TPSA) is 60.7 Å². The van der Waals surface area contributed by atoms with E-state index < -0.39 is 5.41 Å². The van der Waals surface area contributed by atoms with Gasteiger partial charge < -0.3 is 15.3 Å². The van der Waals surface area contributed by atoms with Crippen molar-refractivity contribution in [2.45, 2.75) is 52.4 Å². The van der Waals surface area contributed by atoms with E-state index >= 15 is 0 Å². The molecule has 3 heteroatoms. The first-order valence-electron chi connectivity index (χ1n) is 5.75. The fraction of sp³-hybridized carbons (Fsp3) is 0.571. The number of benzene rings is 1. The molecule has 3 nitrogen and oxygen atoms in total. The molecule has 0 saturated carbocycles. The summed E-state index contributed by atoms with van der Waals surface area (Å²) in [4.78, 5) is 0. The van der Waals surface area contributed by atoms with Crippen LogP contribution in [0.5, 0.6) is 17.2 Å². The molecular formula is C14H22O3. The van der Waals surface area contributed by atoms with E-state index in [-0.39, 0.29) is 22.7 Å². The monoisotopic (exact) mass is 238 g/mol. The van der Waals surface area contributed by atoms with Gasteiger partial charge in [0.1, 0.15) is 5.75 Å². The zero-order valence-electron chi connectivity index (χ0n) is 11.4. The fourth-order valence-electron chi connectivity index (χ4n) is 1.96. The Kier molecular flexibility index (Phi) is 3.08. The molecule has 3 N–H and O–H groups in total. The van der Waals surface area contributed by atoms with Gasteiger partial charge in [0.05, 0.1) is 0 Å². The van der Waals surface area contributed by atoms with Gasteiger partial charge in [0.2, 0.25) is 0 Å². The van der Waals surface area contributed by atoms with Crippen molar-refractivity contribution in [1.29, 1.82) is 0 Å². The number of aromatic hydroxyl groups is 3. The van der Waals surface area contributed by atoms with Gasteiger partial charge in [-0.1, -0.05) is 41.5 Å². The third kappa shape index (κ3) is 2.48. The standard InChI is InChI=1S/C14H22O3/c1-13(2,3)8-7-9(15)10(14(4,5)6)12(17)11(8)16/h7,15-17H,1-6H3. The largest absolute Gasteiger partial charge is 0.507 e. The second-order valence-corrected chi connectivity index (χ2v) is 6.52. The molecule has 0 fully saturated rings. The van der Waals surface area contributed by atoms with E-state index in [0.29, 0.717) is 11.1 Å². The molecule has 0 spiro atoms. The lowest BCUT2D eigenvalue weighted by Crippen LogP contribution is -2.15. The highest BCUT2D eigenvalue weighted by Gasteiger charge is 2.29. The average molecular weight is 238 g/mol. The Bertz CT molecular complexity index is 434. The molecule has 0 radical (unpaired) electrons. The minimum absolute atomic E-state index is 0.0257. The normalized spacial score (nSPS) is 12.8. The van der Waals surface area contributed by atoms with Crippen LogP contribution in [-0.4, -0.2) is 15.3 Å². The Labute approximate surface area is 103 Å². The fourth-order valence-corrected chi connectivity index (χ4v) is 1.96. The minimum atomic E-state index is -0.429. The van der Waals surface area contributed by atoms with Crippen LogP contribution in [0.25, 0.3) is 0 Å². The summed E-state index contributed by atoms with van der Waals surface area (Å²) < 4.78 is 0. The second kappa shape index (κ2) is 3.83. The SMILES string of the molecule is CC(C)(C)c1cc(O)c(C(C)(C)C)c(O)c1O. The number of phenolic OH excluding ortho intramolecular Hbond substituents is 3. The molecule has 0 saturated heterocycles. The van der Waals surface area contributed by atoms with Gasteiger partial charge in [0.25, 0.3) is 0 Å². The van der Waals surface area contributed by atoms with Gasteiger partial charge in [0, 0.05) is 11.1 Å². The van der Waals surface area contributed by atoms with Crippen LogP contribution in [-0.2, 0) is 10.8 Å². The van der Waals surface area contributed by atoms with Crippen molar-refractivity contribution in [1.82, 2.24) is 0 Å². The third-order valence-electron chi connectivity index (χ3n) is 2.81. The summed E-state index contributed by atoms with van der Waals surface area (Å²) in [5.74, 6) is -0.333. The van der Waals surface area contributed by atoms with E-state index in [9.17, 15) is 15.3 Å². The van der Waals surface area contributed by atoms with Crippen molar-refractivity contribution in [3.63, 3.8) is 0 Å². The smallest absolute Gasteiger partial charge is 0.165 e. The molecule has 1 aromatic carbocycles. The zero-order valence-corrected chi connectivity index (χ0v) is 11.4. The Balaban J connectivity index is 3.60. The van der Waals surface area contributed by atoms with Crippen LogP contribution < -0.4 is 0 Å². The molecule has 96 valence electrons. The molecule has 17 heavy (non-hydrogen) atoms. The quantitative estimate of drug-likeness (QED) is 0.479. The molecular weight excluding hydrogens is 216 g/mol. The molecule has 0 bridgehead atoms. The third-order valence-corrected chi connectivity index (χ3v) is 2.81. The molecule has 0 aliphatic rings. The van der Waals surface area contributed by atoms with E-state index in [0.717, 1.165) is 0 Å². The molecule has 0 unspecified atom stereocenters. The lowest BCUT2D eigenvalue weighted by molar-refractivity contribution is 0.362.